The van der Waals surface area contributed by atoms with Crippen LogP contribution in [-0.2, 0) is 6.42 Å². The lowest BCUT2D eigenvalue weighted by Gasteiger charge is -2.09. The molecule has 0 saturated heterocycles. The van der Waals surface area contributed by atoms with Crippen molar-refractivity contribution in [3.05, 3.63) is 59.3 Å². The highest BCUT2D eigenvalue weighted by atomic mass is 19.1. The van der Waals surface area contributed by atoms with Crippen LogP contribution in [0.1, 0.15) is 35.2 Å². The highest BCUT2D eigenvalue weighted by molar-refractivity contribution is 6.04. The van der Waals surface area contributed by atoms with E-state index in [1.165, 1.54) is 0 Å². The fourth-order valence-corrected chi connectivity index (χ4v) is 3.11. The molecule has 4 nitrogen and oxygen atoms in total. The summed E-state index contributed by atoms with van der Waals surface area (Å²) in [6.07, 6.45) is 4.60. The summed E-state index contributed by atoms with van der Waals surface area (Å²) in [6.45, 7) is 0.178. The molecule has 0 bridgehead atoms. The Morgan fingerprint density at radius 1 is 1.08 bits per heavy atom. The second kappa shape index (κ2) is 7.66. The van der Waals surface area contributed by atoms with E-state index < -0.39 is 17.6 Å². The summed E-state index contributed by atoms with van der Waals surface area (Å²) in [5.74, 6) is -2.90. The maximum atomic E-state index is 14.9. The van der Waals surface area contributed by atoms with Gasteiger partial charge in [0.05, 0.1) is 22.0 Å². The first-order chi connectivity index (χ1) is 12.5. The van der Waals surface area contributed by atoms with Crippen LogP contribution >= 0.6 is 0 Å². The number of nitrogens with one attached hydrogen (secondary N) is 1. The van der Waals surface area contributed by atoms with Crippen molar-refractivity contribution in [1.29, 1.82) is 0 Å². The van der Waals surface area contributed by atoms with Gasteiger partial charge in [0.15, 0.2) is 0 Å². The highest BCUT2D eigenvalue weighted by Gasteiger charge is 2.21. The first kappa shape index (κ1) is 18.1. The molecule has 0 saturated carbocycles. The number of aromatic nitrogens is 1. The van der Waals surface area contributed by atoms with Gasteiger partial charge in [-0.1, -0.05) is 30.7 Å². The average Bonchev–Trinajstić information content (AvgIpc) is 3.04. The van der Waals surface area contributed by atoms with Gasteiger partial charge in [-0.2, -0.15) is 0 Å². The van der Waals surface area contributed by atoms with E-state index in [2.05, 4.69) is 4.98 Å². The van der Waals surface area contributed by atoms with Crippen molar-refractivity contribution < 1.29 is 23.8 Å². The van der Waals surface area contributed by atoms with Crippen LogP contribution in [-0.4, -0.2) is 27.8 Å². The number of aromatic amines is 1. The lowest BCUT2D eigenvalue weighted by molar-refractivity contribution is 0.0698. The van der Waals surface area contributed by atoms with Gasteiger partial charge in [0.25, 0.3) is 0 Å². The van der Waals surface area contributed by atoms with Crippen LogP contribution in [0.2, 0.25) is 0 Å². The zero-order chi connectivity index (χ0) is 18.7. The maximum Gasteiger partial charge on any atom is 0.337 e. The van der Waals surface area contributed by atoms with Gasteiger partial charge in [0.1, 0.15) is 11.6 Å². The van der Waals surface area contributed by atoms with Gasteiger partial charge in [-0.15, -0.1) is 0 Å². The number of carboxylic acids is 1. The minimum atomic E-state index is -1.27. The second-order valence-corrected chi connectivity index (χ2v) is 6.21. The Labute approximate surface area is 149 Å². The number of aliphatic hydroxyl groups is 1. The highest BCUT2D eigenvalue weighted by Crippen LogP contribution is 2.33. The van der Waals surface area contributed by atoms with E-state index in [4.69, 9.17) is 5.11 Å². The minimum absolute atomic E-state index is 0.113. The van der Waals surface area contributed by atoms with E-state index in [1.807, 2.05) is 12.1 Å². The van der Waals surface area contributed by atoms with Gasteiger partial charge in [0, 0.05) is 12.8 Å². The summed E-state index contributed by atoms with van der Waals surface area (Å²) < 4.78 is 29.3. The Hall–Kier alpha value is -2.73. The minimum Gasteiger partial charge on any atom is -0.478 e. The number of hydrogen-bond acceptors (Lipinski definition) is 2. The Balaban J connectivity index is 1.94. The average molecular weight is 359 g/mol. The molecule has 1 heterocycles. The molecule has 136 valence electrons. The number of carboxylic acid groups (broad SMARTS) is 1. The van der Waals surface area contributed by atoms with Gasteiger partial charge in [-0.3, -0.25) is 0 Å². The van der Waals surface area contributed by atoms with Crippen molar-refractivity contribution in [2.45, 2.75) is 25.7 Å². The van der Waals surface area contributed by atoms with E-state index >= 15 is 0 Å². The van der Waals surface area contributed by atoms with Crippen molar-refractivity contribution in [1.82, 2.24) is 4.98 Å². The van der Waals surface area contributed by atoms with Gasteiger partial charge in [0.2, 0.25) is 0 Å². The molecule has 0 unspecified atom stereocenters. The third-order valence-corrected chi connectivity index (χ3v) is 4.46. The summed E-state index contributed by atoms with van der Waals surface area (Å²) >= 11 is 0. The van der Waals surface area contributed by atoms with Crippen molar-refractivity contribution in [3.8, 4) is 11.1 Å². The first-order valence-corrected chi connectivity index (χ1v) is 8.45. The predicted molar refractivity (Wildman–Crippen MR) is 95.3 cm³/mol. The third-order valence-electron chi connectivity index (χ3n) is 4.46. The van der Waals surface area contributed by atoms with Crippen LogP contribution in [0.3, 0.4) is 0 Å². The Bertz CT molecular complexity index is 932. The molecule has 0 radical (unpaired) electrons. The molecular weight excluding hydrogens is 340 g/mol. The van der Waals surface area contributed by atoms with E-state index in [9.17, 15) is 18.7 Å². The number of fused-ring (bicyclic) bond motifs is 1. The van der Waals surface area contributed by atoms with Gasteiger partial charge >= 0.3 is 5.97 Å². The molecule has 2 aromatic carbocycles. The Morgan fingerprint density at radius 3 is 2.46 bits per heavy atom. The summed E-state index contributed by atoms with van der Waals surface area (Å²) in [5.41, 5.74) is 1.06. The van der Waals surface area contributed by atoms with Gasteiger partial charge in [-0.25, -0.2) is 13.6 Å². The SMILES string of the molecule is O=C(O)c1c[nH]c2cc(F)c(-c3ccc(CCCCCO)cc3)c(F)c12. The van der Waals surface area contributed by atoms with Crippen molar-refractivity contribution in [3.63, 3.8) is 0 Å². The summed E-state index contributed by atoms with van der Waals surface area (Å²) in [6, 6.07) is 8.02. The molecule has 3 N–H and O–H groups in total. The lowest BCUT2D eigenvalue weighted by atomic mass is 9.98. The molecule has 3 rings (SSSR count). The zero-order valence-electron chi connectivity index (χ0n) is 14.1. The molecule has 0 spiro atoms. The number of halogens is 2. The van der Waals surface area contributed by atoms with Crippen LogP contribution in [0.15, 0.2) is 36.5 Å². The molecule has 0 aliphatic rings. The lowest BCUT2D eigenvalue weighted by Crippen LogP contribution is -1.98. The molecule has 6 heteroatoms. The molecule has 0 atom stereocenters. The molecule has 0 aliphatic carbocycles. The van der Waals surface area contributed by atoms with E-state index in [0.29, 0.717) is 5.56 Å². The maximum absolute atomic E-state index is 14.9. The molecule has 3 aromatic rings. The number of aryl methyl sites for hydroxylation is 1. The molecule has 0 aliphatic heterocycles. The first-order valence-electron chi connectivity index (χ1n) is 8.45. The molecule has 1 aromatic heterocycles. The van der Waals surface area contributed by atoms with Crippen LogP contribution < -0.4 is 0 Å². The molecule has 26 heavy (non-hydrogen) atoms. The van der Waals surface area contributed by atoms with Crippen molar-refractivity contribution >= 4 is 16.9 Å². The molecular formula is C20H19F2NO3. The largest absolute Gasteiger partial charge is 0.478 e. The monoisotopic (exact) mass is 359 g/mol. The predicted octanol–water partition coefficient (Wildman–Crippen LogP) is 4.52. The summed E-state index contributed by atoms with van der Waals surface area (Å²) in [7, 11) is 0. The summed E-state index contributed by atoms with van der Waals surface area (Å²) in [4.78, 5) is 13.9. The quantitative estimate of drug-likeness (QED) is 0.543. The van der Waals surface area contributed by atoms with Crippen LogP contribution in [0.5, 0.6) is 0 Å². The van der Waals surface area contributed by atoms with Crippen LogP contribution in [0.25, 0.3) is 22.0 Å². The van der Waals surface area contributed by atoms with E-state index in [0.717, 1.165) is 43.5 Å². The normalized spacial score (nSPS) is 11.2. The number of unbranched alkanes of at least 4 members (excludes halogenated alkanes) is 2. The van der Waals surface area contributed by atoms with Crippen LogP contribution in [0, 0.1) is 11.6 Å². The van der Waals surface area contributed by atoms with E-state index in [1.54, 1.807) is 12.1 Å². The topological polar surface area (TPSA) is 73.3 Å². The number of benzene rings is 2. The molecule has 0 fully saturated rings. The van der Waals surface area contributed by atoms with Gasteiger partial charge < -0.3 is 15.2 Å². The number of rotatable bonds is 7. The number of H-pyrrole nitrogens is 1. The zero-order valence-corrected chi connectivity index (χ0v) is 14.1. The third kappa shape index (κ3) is 3.46. The number of aliphatic hydroxyl groups excluding tert-OH is 1. The smallest absolute Gasteiger partial charge is 0.337 e. The van der Waals surface area contributed by atoms with E-state index in [-0.39, 0.29) is 28.6 Å². The number of hydrogen-bond donors (Lipinski definition) is 3. The van der Waals surface area contributed by atoms with Gasteiger partial charge in [-0.05, 0) is 36.5 Å². The Morgan fingerprint density at radius 2 is 1.81 bits per heavy atom. The number of aromatic carboxylic acids is 1. The fraction of sp³-hybridized carbons (Fsp3) is 0.250. The molecule has 0 amide bonds. The van der Waals surface area contributed by atoms with Crippen molar-refractivity contribution in [2.24, 2.45) is 0 Å². The van der Waals surface area contributed by atoms with Crippen LogP contribution in [0.4, 0.5) is 8.78 Å². The standard InChI is InChI=1S/C20H19F2NO3/c21-15-10-16-18(14(11-23-16)20(25)26)19(22)17(15)13-7-5-12(6-8-13)4-2-1-3-9-24/h5-8,10-11,23-24H,1-4,9H2,(H,25,26). The second-order valence-electron chi connectivity index (χ2n) is 6.21. The fourth-order valence-electron chi connectivity index (χ4n) is 3.11. The van der Waals surface area contributed by atoms with Crippen molar-refractivity contribution in [2.75, 3.05) is 6.61 Å². The summed E-state index contributed by atoms with van der Waals surface area (Å²) in [5, 5.41) is 17.8. The number of carbonyl (C=O) groups is 1. The Kier molecular flexibility index (Phi) is 5.32.